The van der Waals surface area contributed by atoms with Crippen LogP contribution in [0, 0.1) is 5.92 Å². The largest absolute Gasteiger partial charge is 0.394 e. The van der Waals surface area contributed by atoms with Gasteiger partial charge < -0.3 is 16.2 Å². The third-order valence-corrected chi connectivity index (χ3v) is 3.30. The molecular weight excluding hydrogens is 192 g/mol. The second-order valence-electron chi connectivity index (χ2n) is 4.63. The van der Waals surface area contributed by atoms with Gasteiger partial charge in [-0.3, -0.25) is 4.79 Å². The van der Waals surface area contributed by atoms with Crippen molar-refractivity contribution in [2.45, 2.75) is 44.6 Å². The molecule has 15 heavy (non-hydrogen) atoms. The van der Waals surface area contributed by atoms with E-state index in [4.69, 9.17) is 5.73 Å². The summed E-state index contributed by atoms with van der Waals surface area (Å²) >= 11 is 0. The number of aliphatic hydroxyl groups excluding tert-OH is 1. The third kappa shape index (κ3) is 3.18. The SMILES string of the molecule is CC(CN)C(=O)NC1(CO)CCCCC1. The van der Waals surface area contributed by atoms with Crippen LogP contribution < -0.4 is 11.1 Å². The molecule has 0 aromatic carbocycles. The molecule has 0 aliphatic heterocycles. The predicted molar refractivity (Wildman–Crippen MR) is 59.3 cm³/mol. The van der Waals surface area contributed by atoms with Crippen LogP contribution in [0.25, 0.3) is 0 Å². The van der Waals surface area contributed by atoms with Gasteiger partial charge in [0.15, 0.2) is 0 Å². The van der Waals surface area contributed by atoms with Crippen LogP contribution in [0.1, 0.15) is 39.0 Å². The third-order valence-electron chi connectivity index (χ3n) is 3.30. The van der Waals surface area contributed by atoms with Crippen LogP contribution in [0.2, 0.25) is 0 Å². The molecular formula is C11H22N2O2. The maximum atomic E-state index is 11.7. The Morgan fingerprint density at radius 3 is 2.53 bits per heavy atom. The highest BCUT2D eigenvalue weighted by Gasteiger charge is 2.33. The van der Waals surface area contributed by atoms with Crippen molar-refractivity contribution < 1.29 is 9.90 Å². The number of nitrogens with two attached hydrogens (primary N) is 1. The summed E-state index contributed by atoms with van der Waals surface area (Å²) in [6.45, 7) is 2.20. The number of amides is 1. The van der Waals surface area contributed by atoms with E-state index in [2.05, 4.69) is 5.32 Å². The molecule has 0 aromatic heterocycles. The van der Waals surface area contributed by atoms with E-state index in [0.717, 1.165) is 25.7 Å². The first-order valence-corrected chi connectivity index (χ1v) is 5.76. The standard InChI is InChI=1S/C11H22N2O2/c1-9(7-12)10(15)13-11(8-14)5-3-2-4-6-11/h9,14H,2-8,12H2,1H3,(H,13,15). The molecule has 0 saturated heterocycles. The highest BCUT2D eigenvalue weighted by atomic mass is 16.3. The van der Waals surface area contributed by atoms with Crippen LogP contribution in [-0.4, -0.2) is 29.7 Å². The van der Waals surface area contributed by atoms with Crippen LogP contribution in [0.5, 0.6) is 0 Å². The van der Waals surface area contributed by atoms with Gasteiger partial charge in [-0.2, -0.15) is 0 Å². The van der Waals surface area contributed by atoms with Crippen molar-refractivity contribution in [3.63, 3.8) is 0 Å². The number of carbonyl (C=O) groups is 1. The van der Waals surface area contributed by atoms with Gasteiger partial charge in [0, 0.05) is 12.5 Å². The fourth-order valence-electron chi connectivity index (χ4n) is 2.04. The Balaban J connectivity index is 2.55. The summed E-state index contributed by atoms with van der Waals surface area (Å²) in [6, 6.07) is 0. The zero-order valence-corrected chi connectivity index (χ0v) is 9.46. The minimum Gasteiger partial charge on any atom is -0.394 e. The van der Waals surface area contributed by atoms with Gasteiger partial charge in [-0.05, 0) is 12.8 Å². The lowest BCUT2D eigenvalue weighted by atomic mass is 9.82. The minimum absolute atomic E-state index is 0.0338. The van der Waals surface area contributed by atoms with E-state index in [9.17, 15) is 9.90 Å². The van der Waals surface area contributed by atoms with E-state index in [0.29, 0.717) is 6.54 Å². The fourth-order valence-corrected chi connectivity index (χ4v) is 2.04. The normalized spacial score (nSPS) is 22.1. The smallest absolute Gasteiger partial charge is 0.224 e. The molecule has 1 atom stereocenters. The summed E-state index contributed by atoms with van der Waals surface area (Å²) in [7, 11) is 0. The Kier molecular flexibility index (Phi) is 4.54. The quantitative estimate of drug-likeness (QED) is 0.634. The van der Waals surface area contributed by atoms with Gasteiger partial charge in [0.05, 0.1) is 12.1 Å². The minimum atomic E-state index is -0.376. The highest BCUT2D eigenvalue weighted by Crippen LogP contribution is 2.27. The molecule has 0 aromatic rings. The summed E-state index contributed by atoms with van der Waals surface area (Å²) < 4.78 is 0. The molecule has 4 nitrogen and oxygen atoms in total. The molecule has 0 heterocycles. The predicted octanol–water partition coefficient (Wildman–Crippen LogP) is 0.393. The Morgan fingerprint density at radius 1 is 1.47 bits per heavy atom. The number of aliphatic hydroxyl groups is 1. The highest BCUT2D eigenvalue weighted by molar-refractivity contribution is 5.79. The molecule has 1 aliphatic rings. The molecule has 88 valence electrons. The Morgan fingerprint density at radius 2 is 2.07 bits per heavy atom. The van der Waals surface area contributed by atoms with Crippen molar-refractivity contribution in [1.82, 2.24) is 5.32 Å². The van der Waals surface area contributed by atoms with Gasteiger partial charge in [0.1, 0.15) is 0 Å². The Hall–Kier alpha value is -0.610. The number of nitrogens with one attached hydrogen (secondary N) is 1. The average molecular weight is 214 g/mol. The molecule has 1 amide bonds. The zero-order valence-electron chi connectivity index (χ0n) is 9.46. The molecule has 1 saturated carbocycles. The summed E-state index contributed by atoms with van der Waals surface area (Å²) in [4.78, 5) is 11.7. The van der Waals surface area contributed by atoms with Crippen molar-refractivity contribution in [2.75, 3.05) is 13.2 Å². The van der Waals surface area contributed by atoms with Gasteiger partial charge in [0.25, 0.3) is 0 Å². The van der Waals surface area contributed by atoms with E-state index in [1.165, 1.54) is 6.42 Å². The maximum Gasteiger partial charge on any atom is 0.224 e. The molecule has 1 aliphatic carbocycles. The molecule has 0 spiro atoms. The van der Waals surface area contributed by atoms with Crippen LogP contribution >= 0.6 is 0 Å². The van der Waals surface area contributed by atoms with Gasteiger partial charge in [-0.1, -0.05) is 26.2 Å². The lowest BCUT2D eigenvalue weighted by Crippen LogP contribution is -2.54. The second kappa shape index (κ2) is 5.47. The lowest BCUT2D eigenvalue weighted by Gasteiger charge is -2.37. The van der Waals surface area contributed by atoms with E-state index >= 15 is 0 Å². The first-order valence-electron chi connectivity index (χ1n) is 5.76. The number of hydrogen-bond donors (Lipinski definition) is 3. The summed E-state index contributed by atoms with van der Waals surface area (Å²) in [6.07, 6.45) is 5.12. The first kappa shape index (κ1) is 12.5. The van der Waals surface area contributed by atoms with Crippen molar-refractivity contribution in [3.8, 4) is 0 Å². The van der Waals surface area contributed by atoms with Gasteiger partial charge in [-0.25, -0.2) is 0 Å². The van der Waals surface area contributed by atoms with Gasteiger partial charge >= 0.3 is 0 Å². The molecule has 4 heteroatoms. The summed E-state index contributed by atoms with van der Waals surface area (Å²) in [5.41, 5.74) is 5.06. The van der Waals surface area contributed by atoms with E-state index in [-0.39, 0.29) is 24.0 Å². The lowest BCUT2D eigenvalue weighted by molar-refractivity contribution is -0.127. The van der Waals surface area contributed by atoms with Crippen molar-refractivity contribution in [2.24, 2.45) is 11.7 Å². The zero-order chi connectivity index (χ0) is 11.3. The summed E-state index contributed by atoms with van der Waals surface area (Å²) in [5.74, 6) is -0.205. The second-order valence-corrected chi connectivity index (χ2v) is 4.63. The van der Waals surface area contributed by atoms with Crippen molar-refractivity contribution in [3.05, 3.63) is 0 Å². The van der Waals surface area contributed by atoms with Crippen LogP contribution in [0.4, 0.5) is 0 Å². The molecule has 4 N–H and O–H groups in total. The van der Waals surface area contributed by atoms with E-state index in [1.54, 1.807) is 0 Å². The topological polar surface area (TPSA) is 75.4 Å². The van der Waals surface area contributed by atoms with Crippen molar-refractivity contribution in [1.29, 1.82) is 0 Å². The van der Waals surface area contributed by atoms with Crippen LogP contribution in [-0.2, 0) is 4.79 Å². The number of carbonyl (C=O) groups excluding carboxylic acids is 1. The molecule has 1 unspecified atom stereocenters. The monoisotopic (exact) mass is 214 g/mol. The average Bonchev–Trinajstić information content (AvgIpc) is 2.29. The van der Waals surface area contributed by atoms with Crippen molar-refractivity contribution >= 4 is 5.91 Å². The van der Waals surface area contributed by atoms with E-state index < -0.39 is 0 Å². The molecule has 0 radical (unpaired) electrons. The van der Waals surface area contributed by atoms with Gasteiger partial charge in [-0.15, -0.1) is 0 Å². The van der Waals surface area contributed by atoms with Crippen LogP contribution in [0.3, 0.4) is 0 Å². The van der Waals surface area contributed by atoms with Crippen LogP contribution in [0.15, 0.2) is 0 Å². The Labute approximate surface area is 91.2 Å². The maximum absolute atomic E-state index is 11.7. The first-order chi connectivity index (χ1) is 7.13. The fraction of sp³-hybridized carbons (Fsp3) is 0.909. The number of rotatable bonds is 4. The molecule has 1 fully saturated rings. The number of hydrogen-bond acceptors (Lipinski definition) is 3. The summed E-state index contributed by atoms with van der Waals surface area (Å²) in [5, 5.41) is 12.4. The van der Waals surface area contributed by atoms with E-state index in [1.807, 2.05) is 6.92 Å². The molecule has 1 rings (SSSR count). The molecule has 0 bridgehead atoms. The Bertz CT molecular complexity index is 213. The van der Waals surface area contributed by atoms with Gasteiger partial charge in [0.2, 0.25) is 5.91 Å².